The van der Waals surface area contributed by atoms with Crippen LogP contribution in [0.25, 0.3) is 0 Å². The van der Waals surface area contributed by atoms with Gasteiger partial charge in [-0.25, -0.2) is 0 Å². The number of hydrogen-bond acceptors (Lipinski definition) is 0. The van der Waals surface area contributed by atoms with Crippen LogP contribution in [0, 0.1) is 11.8 Å². The van der Waals surface area contributed by atoms with E-state index < -0.39 is 0 Å². The lowest BCUT2D eigenvalue weighted by Gasteiger charge is -2.21. The van der Waals surface area contributed by atoms with E-state index in [0.717, 1.165) is 5.92 Å². The van der Waals surface area contributed by atoms with E-state index in [1.807, 2.05) is 0 Å². The van der Waals surface area contributed by atoms with Gasteiger partial charge in [0.15, 0.2) is 0 Å². The van der Waals surface area contributed by atoms with Gasteiger partial charge in [-0.05, 0) is 35.8 Å². The van der Waals surface area contributed by atoms with E-state index in [4.69, 9.17) is 0 Å². The highest BCUT2D eigenvalue weighted by molar-refractivity contribution is 5.18. The van der Waals surface area contributed by atoms with Crippen LogP contribution in [0.15, 0.2) is 60.7 Å². The summed E-state index contributed by atoms with van der Waals surface area (Å²) < 4.78 is 0. The topological polar surface area (TPSA) is 0 Å². The van der Waals surface area contributed by atoms with Crippen molar-refractivity contribution in [1.29, 1.82) is 0 Å². The zero-order valence-corrected chi connectivity index (χ0v) is 11.3. The third-order valence-corrected chi connectivity index (χ3v) is 3.62. The Balaban J connectivity index is 2.05. The van der Waals surface area contributed by atoms with Crippen molar-refractivity contribution in [1.82, 2.24) is 0 Å². The predicted molar refractivity (Wildman–Crippen MR) is 78.6 cm³/mol. The number of hydrogen-bond donors (Lipinski definition) is 0. The van der Waals surface area contributed by atoms with E-state index in [0.29, 0.717) is 5.92 Å². The Kier molecular flexibility index (Phi) is 4.58. The van der Waals surface area contributed by atoms with Crippen LogP contribution in [-0.4, -0.2) is 0 Å². The molecule has 0 heteroatoms. The first kappa shape index (κ1) is 12.9. The third-order valence-electron chi connectivity index (χ3n) is 3.62. The monoisotopic (exact) mass is 238 g/mol. The fourth-order valence-corrected chi connectivity index (χ4v) is 2.38. The molecule has 2 aromatic rings. The van der Waals surface area contributed by atoms with Gasteiger partial charge in [-0.15, -0.1) is 0 Å². The minimum absolute atomic E-state index is 0.713. The van der Waals surface area contributed by atoms with E-state index >= 15 is 0 Å². The fraction of sp³-hybridized carbons (Fsp3) is 0.333. The molecule has 0 saturated carbocycles. The molecule has 2 aromatic carbocycles. The molecule has 94 valence electrons. The summed E-state index contributed by atoms with van der Waals surface area (Å²) >= 11 is 0. The van der Waals surface area contributed by atoms with Crippen molar-refractivity contribution < 1.29 is 0 Å². The summed E-state index contributed by atoms with van der Waals surface area (Å²) in [6.07, 6.45) is 2.35. The Morgan fingerprint density at radius 3 is 1.39 bits per heavy atom. The van der Waals surface area contributed by atoms with Crippen molar-refractivity contribution in [2.75, 3.05) is 0 Å². The molecule has 18 heavy (non-hydrogen) atoms. The molecule has 0 fully saturated rings. The molecule has 0 heterocycles. The van der Waals surface area contributed by atoms with Gasteiger partial charge >= 0.3 is 0 Å². The molecule has 0 aliphatic carbocycles. The van der Waals surface area contributed by atoms with Gasteiger partial charge in [-0.2, -0.15) is 0 Å². The summed E-state index contributed by atoms with van der Waals surface area (Å²) in [4.78, 5) is 0. The maximum atomic E-state index is 2.33. The lowest BCUT2D eigenvalue weighted by atomic mass is 9.84. The van der Waals surface area contributed by atoms with Gasteiger partial charge in [-0.3, -0.25) is 0 Å². The van der Waals surface area contributed by atoms with Gasteiger partial charge in [0.05, 0.1) is 0 Å². The summed E-state index contributed by atoms with van der Waals surface area (Å²) in [5.74, 6) is 1.43. The summed E-state index contributed by atoms with van der Waals surface area (Å²) in [5.41, 5.74) is 2.90. The van der Waals surface area contributed by atoms with E-state index in [2.05, 4.69) is 74.5 Å². The third kappa shape index (κ3) is 3.73. The Bertz CT molecular complexity index is 400. The quantitative estimate of drug-likeness (QED) is 0.705. The van der Waals surface area contributed by atoms with Crippen molar-refractivity contribution >= 4 is 0 Å². The van der Waals surface area contributed by atoms with E-state index in [1.54, 1.807) is 0 Å². The van der Waals surface area contributed by atoms with Crippen LogP contribution in [0.4, 0.5) is 0 Å². The molecule has 0 nitrogen and oxygen atoms in total. The first-order chi connectivity index (χ1) is 8.75. The normalized spacial score (nSPS) is 11.1. The van der Waals surface area contributed by atoms with Gasteiger partial charge in [0.25, 0.3) is 0 Å². The molecule has 0 aromatic heterocycles. The standard InChI is InChI=1S/C18H22/c1-15(2)18(13-16-9-5-3-6-10-16)14-17-11-7-4-8-12-17/h3-12,15,18H,13-14H2,1-2H3. The van der Waals surface area contributed by atoms with Crippen LogP contribution in [-0.2, 0) is 12.8 Å². The average Bonchev–Trinajstić information content (AvgIpc) is 2.40. The van der Waals surface area contributed by atoms with Gasteiger partial charge in [-0.1, -0.05) is 74.5 Å². The predicted octanol–water partition coefficient (Wildman–Crippen LogP) is 4.74. The van der Waals surface area contributed by atoms with Crippen LogP contribution >= 0.6 is 0 Å². The minimum atomic E-state index is 0.713. The second-order valence-electron chi connectivity index (χ2n) is 5.38. The lowest BCUT2D eigenvalue weighted by molar-refractivity contribution is 0.380. The SMILES string of the molecule is CC(C)C(Cc1ccccc1)Cc1ccccc1. The van der Waals surface area contributed by atoms with Crippen molar-refractivity contribution in [3.05, 3.63) is 71.8 Å². The summed E-state index contributed by atoms with van der Waals surface area (Å²) in [6, 6.07) is 21.7. The first-order valence-electron chi connectivity index (χ1n) is 6.83. The van der Waals surface area contributed by atoms with Crippen molar-refractivity contribution in [3.63, 3.8) is 0 Å². The summed E-state index contributed by atoms with van der Waals surface area (Å²) in [5, 5.41) is 0. The maximum absolute atomic E-state index is 2.33. The molecule has 0 atom stereocenters. The molecule has 0 spiro atoms. The lowest BCUT2D eigenvalue weighted by Crippen LogP contribution is -2.15. The maximum Gasteiger partial charge on any atom is -0.0245 e. The smallest absolute Gasteiger partial charge is 0.0245 e. The van der Waals surface area contributed by atoms with Crippen molar-refractivity contribution in [2.24, 2.45) is 11.8 Å². The molecule has 0 aliphatic rings. The van der Waals surface area contributed by atoms with Crippen LogP contribution in [0.1, 0.15) is 25.0 Å². The minimum Gasteiger partial charge on any atom is -0.0625 e. The fourth-order valence-electron chi connectivity index (χ4n) is 2.38. The van der Waals surface area contributed by atoms with Gasteiger partial charge in [0.1, 0.15) is 0 Å². The first-order valence-corrected chi connectivity index (χ1v) is 6.83. The zero-order chi connectivity index (χ0) is 12.8. The Morgan fingerprint density at radius 2 is 1.06 bits per heavy atom. The molecule has 0 unspecified atom stereocenters. The second-order valence-corrected chi connectivity index (χ2v) is 5.38. The number of rotatable bonds is 5. The molecule has 0 N–H and O–H groups in total. The Hall–Kier alpha value is -1.56. The molecular formula is C18H22. The van der Waals surface area contributed by atoms with Gasteiger partial charge in [0.2, 0.25) is 0 Å². The highest BCUT2D eigenvalue weighted by atomic mass is 14.2. The molecule has 0 radical (unpaired) electrons. The van der Waals surface area contributed by atoms with Crippen LogP contribution in [0.2, 0.25) is 0 Å². The van der Waals surface area contributed by atoms with E-state index in [-0.39, 0.29) is 0 Å². The summed E-state index contributed by atoms with van der Waals surface area (Å²) in [6.45, 7) is 4.66. The second kappa shape index (κ2) is 6.39. The Labute approximate surface area is 111 Å². The molecule has 0 bridgehead atoms. The highest BCUT2D eigenvalue weighted by Gasteiger charge is 2.14. The van der Waals surface area contributed by atoms with Crippen molar-refractivity contribution in [2.45, 2.75) is 26.7 Å². The highest BCUT2D eigenvalue weighted by Crippen LogP contribution is 2.21. The van der Waals surface area contributed by atoms with Gasteiger partial charge < -0.3 is 0 Å². The zero-order valence-electron chi connectivity index (χ0n) is 11.3. The average molecular weight is 238 g/mol. The number of benzene rings is 2. The van der Waals surface area contributed by atoms with Crippen molar-refractivity contribution in [3.8, 4) is 0 Å². The van der Waals surface area contributed by atoms with Crippen LogP contribution < -0.4 is 0 Å². The molecule has 2 rings (SSSR count). The van der Waals surface area contributed by atoms with Crippen LogP contribution in [0.5, 0.6) is 0 Å². The van der Waals surface area contributed by atoms with Crippen LogP contribution in [0.3, 0.4) is 0 Å². The molecule has 0 aliphatic heterocycles. The van der Waals surface area contributed by atoms with E-state index in [9.17, 15) is 0 Å². The molecule has 0 amide bonds. The summed E-state index contributed by atoms with van der Waals surface area (Å²) in [7, 11) is 0. The molecule has 0 saturated heterocycles. The van der Waals surface area contributed by atoms with E-state index in [1.165, 1.54) is 24.0 Å². The Morgan fingerprint density at radius 1 is 0.667 bits per heavy atom. The van der Waals surface area contributed by atoms with Gasteiger partial charge in [0, 0.05) is 0 Å². The molecular weight excluding hydrogens is 216 g/mol. The largest absolute Gasteiger partial charge is 0.0625 e.